The van der Waals surface area contributed by atoms with Crippen molar-refractivity contribution in [1.82, 2.24) is 10.3 Å². The molecule has 2 aromatic rings. The number of carbonyl (C=O) groups excluding carboxylic acids is 1. The van der Waals surface area contributed by atoms with Crippen molar-refractivity contribution in [2.75, 3.05) is 5.32 Å². The van der Waals surface area contributed by atoms with Gasteiger partial charge in [-0.2, -0.15) is 5.26 Å². The van der Waals surface area contributed by atoms with Gasteiger partial charge in [-0.25, -0.2) is 0 Å². The SMILES string of the molecule is CC(C)(C)NC(=O)c1cc(Nc2cccc(C#N)c2)ccn1. The first kappa shape index (κ1) is 15.5. The normalized spacial score (nSPS) is 10.6. The molecule has 1 aromatic carbocycles. The van der Waals surface area contributed by atoms with E-state index in [1.54, 1.807) is 36.5 Å². The van der Waals surface area contributed by atoms with Gasteiger partial charge in [-0.15, -0.1) is 0 Å². The second-order valence-electron chi connectivity index (χ2n) is 5.95. The Morgan fingerprint density at radius 2 is 1.91 bits per heavy atom. The van der Waals surface area contributed by atoms with Crippen LogP contribution in [0.5, 0.6) is 0 Å². The largest absolute Gasteiger partial charge is 0.355 e. The molecule has 0 atom stereocenters. The van der Waals surface area contributed by atoms with Gasteiger partial charge in [0.25, 0.3) is 5.91 Å². The standard InChI is InChI=1S/C17H18N4O/c1-17(2,3)21-16(22)15-10-14(7-8-19-15)20-13-6-4-5-12(9-13)11-18/h4-10H,1-3H3,(H,19,20)(H,21,22). The highest BCUT2D eigenvalue weighted by atomic mass is 16.2. The van der Waals surface area contributed by atoms with E-state index in [4.69, 9.17) is 5.26 Å². The van der Waals surface area contributed by atoms with Crippen molar-refractivity contribution in [3.63, 3.8) is 0 Å². The number of nitrogens with one attached hydrogen (secondary N) is 2. The van der Waals surface area contributed by atoms with Gasteiger partial charge in [0.1, 0.15) is 5.69 Å². The number of benzene rings is 1. The van der Waals surface area contributed by atoms with E-state index in [0.29, 0.717) is 11.3 Å². The van der Waals surface area contributed by atoms with Crippen molar-refractivity contribution in [2.24, 2.45) is 0 Å². The first-order chi connectivity index (χ1) is 10.4. The molecule has 2 N–H and O–H groups in total. The number of rotatable bonds is 3. The van der Waals surface area contributed by atoms with Gasteiger partial charge in [0, 0.05) is 23.1 Å². The van der Waals surface area contributed by atoms with Crippen LogP contribution in [-0.4, -0.2) is 16.4 Å². The molecule has 0 bridgehead atoms. The lowest BCUT2D eigenvalue weighted by Crippen LogP contribution is -2.40. The first-order valence-electron chi connectivity index (χ1n) is 6.93. The number of amides is 1. The lowest BCUT2D eigenvalue weighted by Gasteiger charge is -2.20. The van der Waals surface area contributed by atoms with Gasteiger partial charge in [0.05, 0.1) is 11.6 Å². The predicted octanol–water partition coefficient (Wildman–Crippen LogP) is 3.23. The molecule has 22 heavy (non-hydrogen) atoms. The van der Waals surface area contributed by atoms with Gasteiger partial charge in [0.2, 0.25) is 0 Å². The summed E-state index contributed by atoms with van der Waals surface area (Å²) in [5.41, 5.74) is 2.13. The van der Waals surface area contributed by atoms with Crippen molar-refractivity contribution in [1.29, 1.82) is 5.26 Å². The highest BCUT2D eigenvalue weighted by molar-refractivity contribution is 5.93. The van der Waals surface area contributed by atoms with Gasteiger partial charge >= 0.3 is 0 Å². The molecule has 0 spiro atoms. The minimum atomic E-state index is -0.316. The molecule has 5 heteroatoms. The zero-order chi connectivity index (χ0) is 16.2. The Bertz CT molecular complexity index is 726. The molecule has 0 aliphatic heterocycles. The molecule has 2 rings (SSSR count). The van der Waals surface area contributed by atoms with Gasteiger partial charge in [-0.05, 0) is 51.1 Å². The molecular weight excluding hydrogens is 276 g/mol. The number of hydrogen-bond donors (Lipinski definition) is 2. The summed E-state index contributed by atoms with van der Waals surface area (Å²) >= 11 is 0. The average molecular weight is 294 g/mol. The van der Waals surface area contributed by atoms with Crippen molar-refractivity contribution >= 4 is 17.3 Å². The van der Waals surface area contributed by atoms with Crippen LogP contribution in [0.2, 0.25) is 0 Å². The van der Waals surface area contributed by atoms with Crippen molar-refractivity contribution in [3.8, 4) is 6.07 Å². The van der Waals surface area contributed by atoms with Gasteiger partial charge < -0.3 is 10.6 Å². The molecule has 5 nitrogen and oxygen atoms in total. The van der Waals surface area contributed by atoms with Crippen molar-refractivity contribution < 1.29 is 4.79 Å². The fourth-order valence-corrected chi connectivity index (χ4v) is 1.87. The summed E-state index contributed by atoms with van der Waals surface area (Å²) < 4.78 is 0. The number of hydrogen-bond acceptors (Lipinski definition) is 4. The summed E-state index contributed by atoms with van der Waals surface area (Å²) in [5.74, 6) is -0.220. The summed E-state index contributed by atoms with van der Waals surface area (Å²) in [6, 6.07) is 12.7. The molecule has 0 saturated carbocycles. The average Bonchev–Trinajstić information content (AvgIpc) is 2.46. The quantitative estimate of drug-likeness (QED) is 0.911. The van der Waals surface area contributed by atoms with Crippen LogP contribution in [0, 0.1) is 11.3 Å². The van der Waals surface area contributed by atoms with Crippen LogP contribution in [0.25, 0.3) is 0 Å². The fourth-order valence-electron chi connectivity index (χ4n) is 1.87. The third-order valence-corrected chi connectivity index (χ3v) is 2.76. The van der Waals surface area contributed by atoms with Gasteiger partial charge in [-0.3, -0.25) is 9.78 Å². The highest BCUT2D eigenvalue weighted by Gasteiger charge is 2.16. The molecule has 0 radical (unpaired) electrons. The molecule has 112 valence electrons. The van der Waals surface area contributed by atoms with Gasteiger partial charge in [-0.1, -0.05) is 6.07 Å². The number of pyridine rings is 1. The number of anilines is 2. The Balaban J connectivity index is 2.18. The van der Waals surface area contributed by atoms with Crippen LogP contribution in [0.1, 0.15) is 36.8 Å². The highest BCUT2D eigenvalue weighted by Crippen LogP contribution is 2.18. The topological polar surface area (TPSA) is 77.8 Å². The maximum atomic E-state index is 12.1. The zero-order valence-electron chi connectivity index (χ0n) is 12.8. The monoisotopic (exact) mass is 294 g/mol. The van der Waals surface area contributed by atoms with Crippen LogP contribution >= 0.6 is 0 Å². The van der Waals surface area contributed by atoms with E-state index in [2.05, 4.69) is 21.7 Å². The second kappa shape index (κ2) is 6.27. The molecule has 0 saturated heterocycles. The van der Waals surface area contributed by atoms with Crippen LogP contribution in [0.15, 0.2) is 42.6 Å². The maximum Gasteiger partial charge on any atom is 0.270 e. The molecule has 1 amide bonds. The van der Waals surface area contributed by atoms with Crippen LogP contribution in [0.3, 0.4) is 0 Å². The van der Waals surface area contributed by atoms with E-state index < -0.39 is 0 Å². The molecular formula is C17H18N4O. The summed E-state index contributed by atoms with van der Waals surface area (Å²) in [4.78, 5) is 16.2. The molecule has 1 heterocycles. The molecule has 0 fully saturated rings. The predicted molar refractivity (Wildman–Crippen MR) is 85.9 cm³/mol. The van der Waals surface area contributed by atoms with E-state index in [9.17, 15) is 4.79 Å². The number of aromatic nitrogens is 1. The smallest absolute Gasteiger partial charge is 0.270 e. The molecule has 0 unspecified atom stereocenters. The first-order valence-corrected chi connectivity index (χ1v) is 6.93. The molecule has 1 aromatic heterocycles. The Labute approximate surface area is 130 Å². The summed E-state index contributed by atoms with van der Waals surface area (Å²) in [6.07, 6.45) is 1.58. The lowest BCUT2D eigenvalue weighted by molar-refractivity contribution is 0.0914. The Kier molecular flexibility index (Phi) is 4.42. The fraction of sp³-hybridized carbons (Fsp3) is 0.235. The Hall–Kier alpha value is -2.87. The Morgan fingerprint density at radius 1 is 1.18 bits per heavy atom. The number of nitriles is 1. The van der Waals surface area contributed by atoms with Gasteiger partial charge in [0.15, 0.2) is 0 Å². The summed E-state index contributed by atoms with van der Waals surface area (Å²) in [6.45, 7) is 5.75. The minimum absolute atomic E-state index is 0.220. The third kappa shape index (κ3) is 4.32. The van der Waals surface area contributed by atoms with E-state index in [1.165, 1.54) is 0 Å². The summed E-state index contributed by atoms with van der Waals surface area (Å²) in [7, 11) is 0. The van der Waals surface area contributed by atoms with Crippen LogP contribution in [0.4, 0.5) is 11.4 Å². The Morgan fingerprint density at radius 3 is 2.59 bits per heavy atom. The third-order valence-electron chi connectivity index (χ3n) is 2.76. The zero-order valence-corrected chi connectivity index (χ0v) is 12.8. The van der Waals surface area contributed by atoms with E-state index >= 15 is 0 Å². The van der Waals surface area contributed by atoms with Crippen LogP contribution < -0.4 is 10.6 Å². The second-order valence-corrected chi connectivity index (χ2v) is 5.95. The van der Waals surface area contributed by atoms with E-state index in [1.807, 2.05) is 26.8 Å². The number of nitrogens with zero attached hydrogens (tertiary/aromatic N) is 2. The number of carbonyl (C=O) groups is 1. The summed E-state index contributed by atoms with van der Waals surface area (Å²) in [5, 5.41) is 15.0. The van der Waals surface area contributed by atoms with Crippen LogP contribution in [-0.2, 0) is 0 Å². The van der Waals surface area contributed by atoms with E-state index in [-0.39, 0.29) is 11.4 Å². The molecule has 0 aliphatic carbocycles. The van der Waals surface area contributed by atoms with Crippen molar-refractivity contribution in [2.45, 2.75) is 26.3 Å². The minimum Gasteiger partial charge on any atom is -0.355 e. The lowest BCUT2D eigenvalue weighted by atomic mass is 10.1. The maximum absolute atomic E-state index is 12.1. The van der Waals surface area contributed by atoms with E-state index in [0.717, 1.165) is 11.4 Å². The van der Waals surface area contributed by atoms with Crippen molar-refractivity contribution in [3.05, 3.63) is 53.9 Å². The molecule has 0 aliphatic rings.